The molecule has 0 N–H and O–H groups in total. The van der Waals surface area contributed by atoms with Crippen molar-refractivity contribution in [3.05, 3.63) is 41.5 Å². The molecule has 0 atom stereocenters. The Morgan fingerprint density at radius 1 is 1.17 bits per heavy atom. The predicted molar refractivity (Wildman–Crippen MR) is 67.1 cm³/mol. The fraction of sp³-hybridized carbons (Fsp3) is 0.214. The second kappa shape index (κ2) is 7.17. The lowest BCUT2D eigenvalue weighted by Crippen LogP contribution is -2.05. The van der Waals surface area contributed by atoms with Crippen LogP contribution in [0.5, 0.6) is 0 Å². The van der Waals surface area contributed by atoms with Crippen LogP contribution in [0.2, 0.25) is 0 Å². The van der Waals surface area contributed by atoms with E-state index in [4.69, 9.17) is 0 Å². The Kier molecular flexibility index (Phi) is 5.51. The van der Waals surface area contributed by atoms with Crippen molar-refractivity contribution in [3.8, 4) is 0 Å². The van der Waals surface area contributed by atoms with E-state index in [0.29, 0.717) is 11.8 Å². The van der Waals surface area contributed by atoms with E-state index in [1.54, 1.807) is 30.3 Å². The molecule has 0 saturated heterocycles. The first-order valence-electron chi connectivity index (χ1n) is 5.49. The molecular formula is C14H14O4. The van der Waals surface area contributed by atoms with Crippen LogP contribution in [-0.4, -0.2) is 25.1 Å². The first-order chi connectivity index (χ1) is 8.67. The summed E-state index contributed by atoms with van der Waals surface area (Å²) in [6.07, 6.45) is 3.94. The molecule has 94 valence electrons. The van der Waals surface area contributed by atoms with Gasteiger partial charge >= 0.3 is 5.97 Å². The van der Waals surface area contributed by atoms with Crippen molar-refractivity contribution in [3.63, 3.8) is 0 Å². The third kappa shape index (κ3) is 4.33. The summed E-state index contributed by atoms with van der Waals surface area (Å²) in [6.45, 7) is 0. The second-order valence-corrected chi connectivity index (χ2v) is 3.62. The summed E-state index contributed by atoms with van der Waals surface area (Å²) in [7, 11) is 1.29. The number of ketones is 1. The lowest BCUT2D eigenvalue weighted by Gasteiger charge is -2.01. The molecule has 0 amide bonds. The van der Waals surface area contributed by atoms with Gasteiger partial charge in [-0.3, -0.25) is 14.4 Å². The molecular weight excluding hydrogens is 232 g/mol. The normalized spacial score (nSPS) is 10.3. The Morgan fingerprint density at radius 3 is 2.39 bits per heavy atom. The Hall–Kier alpha value is -2.23. The van der Waals surface area contributed by atoms with Gasteiger partial charge in [0.25, 0.3) is 0 Å². The lowest BCUT2D eigenvalue weighted by molar-refractivity contribution is -0.140. The average Bonchev–Trinajstić information content (AvgIpc) is 2.42. The fourth-order valence-electron chi connectivity index (χ4n) is 1.39. The Morgan fingerprint density at radius 2 is 1.83 bits per heavy atom. The maximum absolute atomic E-state index is 11.7. The molecule has 4 heteroatoms. The van der Waals surface area contributed by atoms with Gasteiger partial charge in [-0.25, -0.2) is 0 Å². The smallest absolute Gasteiger partial charge is 0.305 e. The van der Waals surface area contributed by atoms with Crippen molar-refractivity contribution in [2.24, 2.45) is 0 Å². The summed E-state index contributed by atoms with van der Waals surface area (Å²) in [5.74, 6) is -0.500. The largest absolute Gasteiger partial charge is 0.469 e. The highest BCUT2D eigenvalue weighted by atomic mass is 16.5. The monoisotopic (exact) mass is 246 g/mol. The minimum absolute atomic E-state index is 0.0854. The molecule has 0 spiro atoms. The Bertz CT molecular complexity index is 457. The molecule has 0 aromatic heterocycles. The maximum atomic E-state index is 11.7. The number of benzene rings is 1. The number of carbonyl (C=O) groups is 3. The van der Waals surface area contributed by atoms with E-state index < -0.39 is 5.97 Å². The number of hydrogen-bond acceptors (Lipinski definition) is 4. The summed E-state index contributed by atoms with van der Waals surface area (Å²) in [6, 6.07) is 6.82. The van der Waals surface area contributed by atoms with Crippen molar-refractivity contribution in [2.45, 2.75) is 12.8 Å². The quantitative estimate of drug-likeness (QED) is 0.333. The molecule has 0 aliphatic rings. The predicted octanol–water partition coefficient (Wildman–Crippen LogP) is 2.03. The number of rotatable bonds is 6. The molecule has 1 aromatic carbocycles. The summed E-state index contributed by atoms with van der Waals surface area (Å²) < 4.78 is 4.47. The van der Waals surface area contributed by atoms with Crippen molar-refractivity contribution < 1.29 is 19.1 Å². The van der Waals surface area contributed by atoms with Gasteiger partial charge in [0, 0.05) is 12.0 Å². The molecule has 1 rings (SSSR count). The van der Waals surface area contributed by atoms with Crippen LogP contribution in [0.15, 0.2) is 30.3 Å². The number of methoxy groups -OCH3 is 1. The van der Waals surface area contributed by atoms with E-state index in [1.165, 1.54) is 13.2 Å². The van der Waals surface area contributed by atoms with Crippen molar-refractivity contribution in [1.82, 2.24) is 0 Å². The number of esters is 1. The summed E-state index contributed by atoms with van der Waals surface area (Å²) in [5, 5.41) is 0. The highest BCUT2D eigenvalue weighted by molar-refractivity contribution is 5.97. The van der Waals surface area contributed by atoms with E-state index in [9.17, 15) is 14.4 Å². The van der Waals surface area contributed by atoms with Crippen LogP contribution in [0.25, 0.3) is 6.08 Å². The van der Waals surface area contributed by atoms with Gasteiger partial charge in [-0.2, -0.15) is 0 Å². The van der Waals surface area contributed by atoms with Gasteiger partial charge in [0.2, 0.25) is 0 Å². The zero-order valence-corrected chi connectivity index (χ0v) is 10.1. The highest BCUT2D eigenvalue weighted by Gasteiger charge is 2.08. The van der Waals surface area contributed by atoms with E-state index in [2.05, 4.69) is 4.74 Å². The van der Waals surface area contributed by atoms with Crippen molar-refractivity contribution in [2.75, 3.05) is 7.11 Å². The van der Waals surface area contributed by atoms with Crippen LogP contribution in [0.3, 0.4) is 0 Å². The SMILES string of the molecule is COC(=O)CCC(=O)c1ccc(C=CC=O)cc1. The van der Waals surface area contributed by atoms with Gasteiger partial charge in [-0.05, 0) is 11.6 Å². The van der Waals surface area contributed by atoms with Gasteiger partial charge in [0.05, 0.1) is 13.5 Å². The van der Waals surface area contributed by atoms with Gasteiger partial charge in [-0.15, -0.1) is 0 Å². The summed E-state index contributed by atoms with van der Waals surface area (Å²) >= 11 is 0. The molecule has 0 aliphatic heterocycles. The van der Waals surface area contributed by atoms with Crippen LogP contribution in [-0.2, 0) is 14.3 Å². The Labute approximate surface area is 105 Å². The van der Waals surface area contributed by atoms with Gasteiger partial charge < -0.3 is 4.74 Å². The lowest BCUT2D eigenvalue weighted by atomic mass is 10.0. The third-order valence-corrected chi connectivity index (χ3v) is 2.38. The topological polar surface area (TPSA) is 60.4 Å². The van der Waals surface area contributed by atoms with Crippen LogP contribution >= 0.6 is 0 Å². The van der Waals surface area contributed by atoms with Crippen LogP contribution in [0.4, 0.5) is 0 Å². The van der Waals surface area contributed by atoms with Crippen LogP contribution in [0, 0.1) is 0 Å². The molecule has 0 unspecified atom stereocenters. The first-order valence-corrected chi connectivity index (χ1v) is 5.49. The third-order valence-electron chi connectivity index (χ3n) is 2.38. The number of hydrogen-bond donors (Lipinski definition) is 0. The minimum atomic E-state index is -0.395. The number of ether oxygens (including phenoxy) is 1. The maximum Gasteiger partial charge on any atom is 0.305 e. The standard InChI is InChI=1S/C14H14O4/c1-18-14(17)9-8-13(16)12-6-4-11(5-7-12)3-2-10-15/h2-7,10H,8-9H2,1H3. The fourth-order valence-corrected chi connectivity index (χ4v) is 1.39. The molecule has 0 bridgehead atoms. The first kappa shape index (κ1) is 13.8. The molecule has 4 nitrogen and oxygen atoms in total. The zero-order chi connectivity index (χ0) is 13.4. The van der Waals surface area contributed by atoms with Crippen LogP contribution in [0.1, 0.15) is 28.8 Å². The van der Waals surface area contributed by atoms with E-state index in [0.717, 1.165) is 5.56 Å². The van der Waals surface area contributed by atoms with Crippen molar-refractivity contribution >= 4 is 24.1 Å². The van der Waals surface area contributed by atoms with Gasteiger partial charge in [0.15, 0.2) is 5.78 Å². The zero-order valence-electron chi connectivity index (χ0n) is 10.1. The number of aldehydes is 1. The van der Waals surface area contributed by atoms with E-state index >= 15 is 0 Å². The molecule has 1 aromatic rings. The molecule has 0 heterocycles. The second-order valence-electron chi connectivity index (χ2n) is 3.62. The van der Waals surface area contributed by atoms with Crippen molar-refractivity contribution in [1.29, 1.82) is 0 Å². The molecule has 18 heavy (non-hydrogen) atoms. The number of allylic oxidation sites excluding steroid dienone is 1. The summed E-state index contributed by atoms with van der Waals surface area (Å²) in [4.78, 5) is 32.8. The van der Waals surface area contributed by atoms with Gasteiger partial charge in [-0.1, -0.05) is 30.3 Å². The molecule has 0 aliphatic carbocycles. The molecule has 0 radical (unpaired) electrons. The minimum Gasteiger partial charge on any atom is -0.469 e. The van der Waals surface area contributed by atoms with Gasteiger partial charge in [0.1, 0.15) is 6.29 Å². The summed E-state index contributed by atoms with van der Waals surface area (Å²) in [5.41, 5.74) is 1.38. The Balaban J connectivity index is 2.61. The molecule has 0 fully saturated rings. The van der Waals surface area contributed by atoms with Crippen LogP contribution < -0.4 is 0 Å². The average molecular weight is 246 g/mol. The number of carbonyl (C=O) groups excluding carboxylic acids is 3. The molecule has 0 saturated carbocycles. The highest BCUT2D eigenvalue weighted by Crippen LogP contribution is 2.09. The van der Waals surface area contributed by atoms with E-state index in [1.807, 2.05) is 0 Å². The van der Waals surface area contributed by atoms with E-state index in [-0.39, 0.29) is 18.6 Å². The number of Topliss-reactive ketones (excluding diaryl/α,β-unsaturated/α-hetero) is 1.